The summed E-state index contributed by atoms with van der Waals surface area (Å²) in [5.41, 5.74) is 4.24. The lowest BCUT2D eigenvalue weighted by Gasteiger charge is -2.59. The summed E-state index contributed by atoms with van der Waals surface area (Å²) >= 11 is 0. The standard InChI is InChI=1S/C35H37F2NO7/c1-33-11-10-21(40)13-19(33)6-7-22-23-14-28-35(27(42)16-39,34(23,2)15-25(41)30(22)33)45-32(44-28)29-24(36)8-9-26(31(29)37)43-17-18-4-3-5-20(38)12-18/h3-5,8-13,22-23,25,28,30,32,39,41H,6-7,14-17,38H2,1-2H3/t22-,23-,25-,28+,30+,32-,33-,34-,35+/m0/s1. The Morgan fingerprint density at radius 1 is 1.20 bits per heavy atom. The second kappa shape index (κ2) is 10.6. The Bertz CT molecular complexity index is 1640. The fourth-order valence-corrected chi connectivity index (χ4v) is 9.54. The van der Waals surface area contributed by atoms with Gasteiger partial charge in [-0.05, 0) is 79.5 Å². The first-order valence-corrected chi connectivity index (χ1v) is 15.5. The lowest BCUT2D eigenvalue weighted by molar-refractivity contribution is -0.201. The largest absolute Gasteiger partial charge is 0.486 e. The van der Waals surface area contributed by atoms with Crippen molar-refractivity contribution in [2.75, 3.05) is 12.3 Å². The summed E-state index contributed by atoms with van der Waals surface area (Å²) in [5.74, 6) is -3.28. The molecule has 2 aromatic carbocycles. The number of anilines is 1. The maximum atomic E-state index is 15.9. The average Bonchev–Trinajstić information content (AvgIpc) is 3.49. The number of hydrogen-bond donors (Lipinski definition) is 3. The lowest BCUT2D eigenvalue weighted by atomic mass is 9.46. The number of aliphatic hydroxyl groups is 2. The molecule has 5 aliphatic rings. The Kier molecular flexibility index (Phi) is 7.09. The van der Waals surface area contributed by atoms with Crippen molar-refractivity contribution in [2.45, 2.75) is 70.2 Å². The predicted molar refractivity (Wildman–Crippen MR) is 158 cm³/mol. The number of nitrogens with two attached hydrogens (primary N) is 1. The molecule has 0 aromatic heterocycles. The Morgan fingerprint density at radius 2 is 2.00 bits per heavy atom. The molecule has 1 aliphatic heterocycles. The molecule has 0 radical (unpaired) electrons. The Balaban J connectivity index is 1.21. The highest BCUT2D eigenvalue weighted by molar-refractivity contribution is 6.01. The fourth-order valence-electron chi connectivity index (χ4n) is 9.54. The van der Waals surface area contributed by atoms with Crippen molar-refractivity contribution in [3.8, 4) is 5.75 Å². The number of halogens is 2. The van der Waals surface area contributed by atoms with E-state index in [9.17, 15) is 19.8 Å². The van der Waals surface area contributed by atoms with Crippen LogP contribution in [-0.4, -0.2) is 46.2 Å². The summed E-state index contributed by atoms with van der Waals surface area (Å²) in [6.45, 7) is 3.03. The van der Waals surface area contributed by atoms with Crippen LogP contribution in [0.1, 0.15) is 56.9 Å². The van der Waals surface area contributed by atoms with E-state index in [2.05, 4.69) is 0 Å². The molecule has 7 rings (SSSR count). The molecule has 4 fully saturated rings. The SMILES string of the molecule is C[C@]12C=CC(=O)C=C1CC[C@@H]1[C@@H]2[C@@H](O)C[C@@]2(C)[C@H]1C[C@H]1O[C@H](c3c(F)ccc(OCc4cccc(N)c4)c3F)O[C@]12C(=O)CO. The molecule has 45 heavy (non-hydrogen) atoms. The molecule has 1 saturated heterocycles. The van der Waals surface area contributed by atoms with E-state index in [1.165, 1.54) is 6.07 Å². The minimum atomic E-state index is -1.74. The number of allylic oxidation sites excluding steroid dienone is 4. The van der Waals surface area contributed by atoms with Crippen molar-refractivity contribution in [1.29, 1.82) is 0 Å². The highest BCUT2D eigenvalue weighted by atomic mass is 19.1. The maximum absolute atomic E-state index is 15.9. The number of ketones is 2. The molecule has 10 heteroatoms. The molecule has 0 spiro atoms. The summed E-state index contributed by atoms with van der Waals surface area (Å²) in [5, 5.41) is 22.0. The minimum Gasteiger partial charge on any atom is -0.486 e. The number of nitrogen functional groups attached to an aromatic ring is 1. The predicted octanol–water partition coefficient (Wildman–Crippen LogP) is 4.73. The van der Waals surface area contributed by atoms with Gasteiger partial charge in [0.1, 0.15) is 19.0 Å². The van der Waals surface area contributed by atoms with Crippen molar-refractivity contribution < 1.29 is 42.8 Å². The molecular weight excluding hydrogens is 584 g/mol. The van der Waals surface area contributed by atoms with Crippen LogP contribution in [0.5, 0.6) is 5.75 Å². The molecule has 1 heterocycles. The van der Waals surface area contributed by atoms with Crippen molar-refractivity contribution >= 4 is 17.3 Å². The van der Waals surface area contributed by atoms with E-state index in [1.54, 1.807) is 36.4 Å². The van der Waals surface area contributed by atoms with Gasteiger partial charge in [0, 0.05) is 22.4 Å². The van der Waals surface area contributed by atoms with Crippen LogP contribution in [0.2, 0.25) is 0 Å². The van der Waals surface area contributed by atoms with E-state index in [-0.39, 0.29) is 42.3 Å². The number of aliphatic hydroxyl groups excluding tert-OH is 2. The van der Waals surface area contributed by atoms with Gasteiger partial charge in [0.25, 0.3) is 0 Å². The van der Waals surface area contributed by atoms with Crippen molar-refractivity contribution in [3.05, 3.63) is 83.0 Å². The monoisotopic (exact) mass is 621 g/mol. The number of ether oxygens (including phenoxy) is 3. The molecule has 4 N–H and O–H groups in total. The molecule has 8 nitrogen and oxygen atoms in total. The van der Waals surface area contributed by atoms with E-state index in [4.69, 9.17) is 19.9 Å². The number of fused-ring (bicyclic) bond motifs is 7. The third-order valence-electron chi connectivity index (χ3n) is 11.5. The maximum Gasteiger partial charge on any atom is 0.193 e. The van der Waals surface area contributed by atoms with Gasteiger partial charge < -0.3 is 30.2 Å². The first-order valence-electron chi connectivity index (χ1n) is 15.5. The Hall–Kier alpha value is -3.44. The zero-order chi connectivity index (χ0) is 31.9. The third kappa shape index (κ3) is 4.29. The summed E-state index contributed by atoms with van der Waals surface area (Å²) in [7, 11) is 0. The van der Waals surface area contributed by atoms with E-state index >= 15 is 8.78 Å². The highest BCUT2D eigenvalue weighted by Gasteiger charge is 2.76. The highest BCUT2D eigenvalue weighted by Crippen LogP contribution is 2.70. The Labute approximate surface area is 259 Å². The molecule has 0 unspecified atom stereocenters. The van der Waals surface area contributed by atoms with Gasteiger partial charge in [-0.15, -0.1) is 0 Å². The summed E-state index contributed by atoms with van der Waals surface area (Å²) in [4.78, 5) is 25.9. The van der Waals surface area contributed by atoms with Gasteiger partial charge in [0.05, 0.1) is 17.8 Å². The van der Waals surface area contributed by atoms with Crippen LogP contribution in [-0.2, 0) is 25.7 Å². The van der Waals surface area contributed by atoms with Gasteiger partial charge in [-0.2, -0.15) is 0 Å². The summed E-state index contributed by atoms with van der Waals surface area (Å²) in [6, 6.07) is 9.14. The number of benzene rings is 2. The van der Waals surface area contributed by atoms with Crippen LogP contribution in [0.3, 0.4) is 0 Å². The normalized spacial score (nSPS) is 38.2. The van der Waals surface area contributed by atoms with Crippen LogP contribution < -0.4 is 10.5 Å². The van der Waals surface area contributed by atoms with E-state index in [0.717, 1.165) is 11.6 Å². The fraction of sp³-hybridized carbons (Fsp3) is 0.486. The zero-order valence-electron chi connectivity index (χ0n) is 25.2. The number of carbonyl (C=O) groups is 2. The molecule has 3 saturated carbocycles. The molecule has 4 aliphatic carbocycles. The van der Waals surface area contributed by atoms with E-state index < -0.39 is 64.5 Å². The first-order chi connectivity index (χ1) is 21.4. The number of carbonyl (C=O) groups excluding carboxylic acids is 2. The van der Waals surface area contributed by atoms with Gasteiger partial charge >= 0.3 is 0 Å². The Morgan fingerprint density at radius 3 is 2.76 bits per heavy atom. The van der Waals surface area contributed by atoms with E-state index in [0.29, 0.717) is 30.5 Å². The number of rotatable bonds is 6. The van der Waals surface area contributed by atoms with Crippen LogP contribution in [0.15, 0.2) is 60.2 Å². The summed E-state index contributed by atoms with van der Waals surface area (Å²) < 4.78 is 49.6. The zero-order valence-corrected chi connectivity index (χ0v) is 25.2. The second-order valence-corrected chi connectivity index (χ2v) is 13.6. The molecular formula is C35H37F2NO7. The van der Waals surface area contributed by atoms with Gasteiger partial charge in [0.2, 0.25) is 0 Å². The number of hydrogen-bond acceptors (Lipinski definition) is 8. The van der Waals surface area contributed by atoms with Gasteiger partial charge in [-0.25, -0.2) is 8.78 Å². The van der Waals surface area contributed by atoms with E-state index in [1.807, 2.05) is 19.9 Å². The van der Waals surface area contributed by atoms with Gasteiger partial charge in [-0.1, -0.05) is 37.6 Å². The second-order valence-electron chi connectivity index (χ2n) is 13.6. The lowest BCUT2D eigenvalue weighted by Crippen LogP contribution is -2.63. The first kappa shape index (κ1) is 30.2. The van der Waals surface area contributed by atoms with Crippen molar-refractivity contribution in [2.24, 2.45) is 28.6 Å². The van der Waals surface area contributed by atoms with Crippen molar-refractivity contribution in [1.82, 2.24) is 0 Å². The minimum absolute atomic E-state index is 0.0195. The molecule has 0 amide bonds. The quantitative estimate of drug-likeness (QED) is 0.395. The van der Waals surface area contributed by atoms with Gasteiger partial charge in [0.15, 0.2) is 35.0 Å². The third-order valence-corrected chi connectivity index (χ3v) is 11.5. The van der Waals surface area contributed by atoms with Crippen molar-refractivity contribution in [3.63, 3.8) is 0 Å². The van der Waals surface area contributed by atoms with Crippen LogP contribution in [0, 0.1) is 40.2 Å². The van der Waals surface area contributed by atoms with Crippen LogP contribution in [0.25, 0.3) is 0 Å². The average molecular weight is 622 g/mol. The number of Topliss-reactive ketones (excluding diaryl/α,β-unsaturated/α-hetero) is 1. The molecule has 0 bridgehead atoms. The molecule has 2 aromatic rings. The summed E-state index contributed by atoms with van der Waals surface area (Å²) in [6.07, 6.45) is 3.62. The molecule has 238 valence electrons. The smallest absolute Gasteiger partial charge is 0.193 e. The van der Waals surface area contributed by atoms with Gasteiger partial charge in [-0.3, -0.25) is 9.59 Å². The van der Waals surface area contributed by atoms with Crippen LogP contribution >= 0.6 is 0 Å². The topological polar surface area (TPSA) is 128 Å². The molecule has 9 atom stereocenters. The van der Waals surface area contributed by atoms with Crippen LogP contribution in [0.4, 0.5) is 14.5 Å².